The predicted octanol–water partition coefficient (Wildman–Crippen LogP) is 1.37. The molecule has 0 bridgehead atoms. The van der Waals surface area contributed by atoms with Gasteiger partial charge in [-0.2, -0.15) is 5.06 Å². The Kier molecular flexibility index (Phi) is 5.95. The fourth-order valence-electron chi connectivity index (χ4n) is 1.98. The second-order valence-electron chi connectivity index (χ2n) is 4.84. The Bertz CT molecular complexity index is 433. The summed E-state index contributed by atoms with van der Waals surface area (Å²) in [4.78, 5) is 10.4. The molecular weight excluding hydrogens is 246 g/mol. The summed E-state index contributed by atoms with van der Waals surface area (Å²) in [6.07, 6.45) is -0.759. The number of benzene rings is 1. The van der Waals surface area contributed by atoms with E-state index in [4.69, 9.17) is 5.11 Å². The lowest BCUT2D eigenvalue weighted by molar-refractivity contribution is -0.143. The van der Waals surface area contributed by atoms with Crippen LogP contribution in [0.15, 0.2) is 18.2 Å². The van der Waals surface area contributed by atoms with Crippen molar-refractivity contribution in [2.24, 2.45) is 0 Å². The molecule has 0 amide bonds. The average molecular weight is 267 g/mol. The predicted molar refractivity (Wildman–Crippen MR) is 71.2 cm³/mol. The minimum Gasteiger partial charge on any atom is -0.481 e. The molecule has 1 atom stereocenters. The Hall–Kier alpha value is -1.43. The van der Waals surface area contributed by atoms with Crippen LogP contribution < -0.4 is 0 Å². The lowest BCUT2D eigenvalue weighted by Crippen LogP contribution is -2.32. The molecule has 0 aromatic heterocycles. The van der Waals surface area contributed by atoms with Crippen molar-refractivity contribution in [1.82, 2.24) is 5.06 Å². The van der Waals surface area contributed by atoms with Gasteiger partial charge < -0.3 is 15.4 Å². The van der Waals surface area contributed by atoms with Crippen LogP contribution in [0.3, 0.4) is 0 Å². The summed E-state index contributed by atoms with van der Waals surface area (Å²) in [6.45, 7) is 4.35. The van der Waals surface area contributed by atoms with Crippen LogP contribution in [-0.4, -0.2) is 45.6 Å². The van der Waals surface area contributed by atoms with Gasteiger partial charge in [-0.15, -0.1) is 0 Å². The largest absolute Gasteiger partial charge is 0.481 e. The topological polar surface area (TPSA) is 81.0 Å². The SMILES string of the molecule is Cc1ccc(CCN(O)CC(O)CC(=O)O)c(C)c1. The summed E-state index contributed by atoms with van der Waals surface area (Å²) < 4.78 is 0. The molecule has 0 saturated heterocycles. The van der Waals surface area contributed by atoms with Crippen molar-refractivity contribution in [3.8, 4) is 0 Å². The van der Waals surface area contributed by atoms with Crippen molar-refractivity contribution in [3.05, 3.63) is 34.9 Å². The summed E-state index contributed by atoms with van der Waals surface area (Å²) in [5.74, 6) is -1.07. The normalized spacial score (nSPS) is 12.7. The van der Waals surface area contributed by atoms with E-state index < -0.39 is 12.1 Å². The van der Waals surface area contributed by atoms with Gasteiger partial charge in [0.1, 0.15) is 0 Å². The second kappa shape index (κ2) is 7.23. The van der Waals surface area contributed by atoms with Crippen molar-refractivity contribution in [1.29, 1.82) is 0 Å². The maximum atomic E-state index is 10.4. The fourth-order valence-corrected chi connectivity index (χ4v) is 1.98. The summed E-state index contributed by atoms with van der Waals surface area (Å²) in [5.41, 5.74) is 3.50. The van der Waals surface area contributed by atoms with Gasteiger partial charge >= 0.3 is 5.97 Å². The summed E-state index contributed by atoms with van der Waals surface area (Å²) in [6, 6.07) is 6.12. The molecule has 0 aliphatic carbocycles. The average Bonchev–Trinajstić information content (AvgIpc) is 2.26. The highest BCUT2D eigenvalue weighted by Crippen LogP contribution is 2.11. The first kappa shape index (κ1) is 15.6. The quantitative estimate of drug-likeness (QED) is 0.650. The maximum absolute atomic E-state index is 10.4. The van der Waals surface area contributed by atoms with Crippen LogP contribution in [-0.2, 0) is 11.2 Å². The molecule has 0 saturated carbocycles. The molecule has 0 radical (unpaired) electrons. The number of hydroxylamine groups is 2. The van der Waals surface area contributed by atoms with E-state index in [2.05, 4.69) is 6.07 Å². The second-order valence-corrected chi connectivity index (χ2v) is 4.84. The standard InChI is InChI=1S/C14H21NO4/c1-10-3-4-12(11(2)7-10)5-6-15(19)9-13(16)8-14(17)18/h3-4,7,13,16,19H,5-6,8-9H2,1-2H3,(H,17,18). The van der Waals surface area contributed by atoms with Crippen LogP contribution >= 0.6 is 0 Å². The van der Waals surface area contributed by atoms with Crippen molar-refractivity contribution < 1.29 is 20.2 Å². The molecule has 0 heterocycles. The first-order chi connectivity index (χ1) is 8.88. The molecule has 1 aromatic rings. The number of carbonyl (C=O) groups is 1. The van der Waals surface area contributed by atoms with Crippen molar-refractivity contribution in [2.75, 3.05) is 13.1 Å². The molecule has 5 nitrogen and oxygen atoms in total. The highest BCUT2D eigenvalue weighted by molar-refractivity contribution is 5.67. The Balaban J connectivity index is 2.41. The van der Waals surface area contributed by atoms with Gasteiger partial charge in [-0.05, 0) is 31.4 Å². The van der Waals surface area contributed by atoms with Crippen molar-refractivity contribution in [3.63, 3.8) is 0 Å². The molecule has 19 heavy (non-hydrogen) atoms. The Morgan fingerprint density at radius 1 is 1.37 bits per heavy atom. The molecule has 1 aromatic carbocycles. The zero-order valence-corrected chi connectivity index (χ0v) is 11.3. The lowest BCUT2D eigenvalue weighted by atomic mass is 10.0. The number of carboxylic acid groups (broad SMARTS) is 1. The lowest BCUT2D eigenvalue weighted by Gasteiger charge is -2.18. The molecule has 0 aliphatic rings. The monoisotopic (exact) mass is 267 g/mol. The fraction of sp³-hybridized carbons (Fsp3) is 0.500. The van der Waals surface area contributed by atoms with Crippen molar-refractivity contribution >= 4 is 5.97 Å². The molecule has 3 N–H and O–H groups in total. The van der Waals surface area contributed by atoms with Gasteiger partial charge in [-0.1, -0.05) is 23.8 Å². The third-order valence-corrected chi connectivity index (χ3v) is 2.97. The van der Waals surface area contributed by atoms with Crippen LogP contribution in [0.25, 0.3) is 0 Å². The number of nitrogens with zero attached hydrogens (tertiary/aromatic N) is 1. The number of carboxylic acids is 1. The number of aliphatic hydroxyl groups is 1. The van der Waals surface area contributed by atoms with E-state index in [1.807, 2.05) is 26.0 Å². The van der Waals surface area contributed by atoms with E-state index in [1.54, 1.807) is 0 Å². The number of aryl methyl sites for hydroxylation is 2. The van der Waals surface area contributed by atoms with Gasteiger partial charge in [0.05, 0.1) is 19.1 Å². The van der Waals surface area contributed by atoms with E-state index in [0.717, 1.165) is 10.6 Å². The van der Waals surface area contributed by atoms with E-state index >= 15 is 0 Å². The molecule has 0 spiro atoms. The van der Waals surface area contributed by atoms with E-state index in [9.17, 15) is 15.1 Å². The molecule has 106 valence electrons. The minimum atomic E-state index is -1.07. The summed E-state index contributed by atoms with van der Waals surface area (Å²) in [7, 11) is 0. The molecule has 0 aliphatic heterocycles. The third kappa shape index (κ3) is 5.83. The number of rotatable bonds is 7. The molecule has 5 heteroatoms. The van der Waals surface area contributed by atoms with Crippen LogP contribution in [0.4, 0.5) is 0 Å². The highest BCUT2D eigenvalue weighted by atomic mass is 16.5. The first-order valence-electron chi connectivity index (χ1n) is 6.28. The maximum Gasteiger partial charge on any atom is 0.306 e. The van der Waals surface area contributed by atoms with Gasteiger partial charge in [-0.25, -0.2) is 0 Å². The van der Waals surface area contributed by atoms with Gasteiger partial charge in [0.2, 0.25) is 0 Å². The summed E-state index contributed by atoms with van der Waals surface area (Å²) >= 11 is 0. The molecule has 1 unspecified atom stereocenters. The highest BCUT2D eigenvalue weighted by Gasteiger charge is 2.13. The zero-order valence-electron chi connectivity index (χ0n) is 11.3. The van der Waals surface area contributed by atoms with E-state index in [0.29, 0.717) is 13.0 Å². The number of aliphatic carboxylic acids is 1. The molecule has 0 fully saturated rings. The van der Waals surface area contributed by atoms with E-state index in [-0.39, 0.29) is 13.0 Å². The molecule has 1 rings (SSSR count). The number of aliphatic hydroxyl groups excluding tert-OH is 1. The van der Waals surface area contributed by atoms with Gasteiger partial charge in [0.25, 0.3) is 0 Å². The van der Waals surface area contributed by atoms with Gasteiger partial charge in [0, 0.05) is 6.54 Å². The van der Waals surface area contributed by atoms with Crippen LogP contribution in [0.1, 0.15) is 23.1 Å². The molecular formula is C14H21NO4. The van der Waals surface area contributed by atoms with Crippen LogP contribution in [0.2, 0.25) is 0 Å². The third-order valence-electron chi connectivity index (χ3n) is 2.97. The zero-order chi connectivity index (χ0) is 14.4. The van der Waals surface area contributed by atoms with Gasteiger partial charge in [0.15, 0.2) is 0 Å². The Labute approximate surface area is 113 Å². The van der Waals surface area contributed by atoms with Crippen LogP contribution in [0.5, 0.6) is 0 Å². The smallest absolute Gasteiger partial charge is 0.306 e. The number of hydrogen-bond acceptors (Lipinski definition) is 4. The van der Waals surface area contributed by atoms with Gasteiger partial charge in [-0.3, -0.25) is 4.79 Å². The van der Waals surface area contributed by atoms with E-state index in [1.165, 1.54) is 11.1 Å². The van der Waals surface area contributed by atoms with Crippen molar-refractivity contribution in [2.45, 2.75) is 32.8 Å². The Morgan fingerprint density at radius 3 is 2.63 bits per heavy atom. The van der Waals surface area contributed by atoms with Crippen LogP contribution in [0, 0.1) is 13.8 Å². The first-order valence-corrected chi connectivity index (χ1v) is 6.28. The minimum absolute atomic E-state index is 0.0583. The number of hydrogen-bond donors (Lipinski definition) is 3. The Morgan fingerprint density at radius 2 is 2.05 bits per heavy atom. The summed E-state index contributed by atoms with van der Waals surface area (Å²) in [5, 5.41) is 28.5.